The minimum atomic E-state index is -3.42. The molecular weight excluding hydrogens is 384 g/mol. The van der Waals surface area contributed by atoms with Gasteiger partial charge in [-0.1, -0.05) is 0 Å². The Balaban J connectivity index is 1.36. The van der Waals surface area contributed by atoms with Crippen LogP contribution in [0.4, 0.5) is 0 Å². The molecule has 1 N–H and O–H groups in total. The number of sulfonamides is 1. The molecule has 0 aromatic carbocycles. The second-order valence-corrected chi connectivity index (χ2v) is 9.79. The highest BCUT2D eigenvalue weighted by Gasteiger charge is 2.39. The van der Waals surface area contributed by atoms with Gasteiger partial charge < -0.3 is 4.98 Å². The summed E-state index contributed by atoms with van der Waals surface area (Å²) in [4.78, 5) is 12.6. The van der Waals surface area contributed by atoms with Crippen molar-refractivity contribution in [2.75, 3.05) is 13.1 Å². The van der Waals surface area contributed by atoms with Crippen LogP contribution in [0, 0.1) is 13.0 Å². The third kappa shape index (κ3) is 2.68. The van der Waals surface area contributed by atoms with Gasteiger partial charge >= 0.3 is 0 Å². The summed E-state index contributed by atoms with van der Waals surface area (Å²) in [6.45, 7) is 2.57. The van der Waals surface area contributed by atoms with E-state index in [-0.39, 0.29) is 0 Å². The smallest absolute Gasteiger partial charge is 0.252 e. The number of thiophene rings is 1. The van der Waals surface area contributed by atoms with Gasteiger partial charge in [-0.2, -0.15) is 9.40 Å². The SMILES string of the molecule is Cc1ccc(S(=O)(=O)N2C[C](n3cc(-c4ncnc5[nH]ccc45)cn3)C2)s1. The van der Waals surface area contributed by atoms with Crippen LogP contribution in [0.2, 0.25) is 0 Å². The van der Waals surface area contributed by atoms with Gasteiger partial charge in [-0.3, -0.25) is 4.68 Å². The number of hydrogen-bond donors (Lipinski definition) is 1. The Morgan fingerprint density at radius 3 is 2.81 bits per heavy atom. The van der Waals surface area contributed by atoms with Gasteiger partial charge in [0.15, 0.2) is 0 Å². The number of aromatic amines is 1. The number of H-pyrrole nitrogens is 1. The molecule has 8 nitrogen and oxygen atoms in total. The second-order valence-electron chi connectivity index (χ2n) is 6.34. The zero-order valence-corrected chi connectivity index (χ0v) is 16.0. The molecule has 0 atom stereocenters. The summed E-state index contributed by atoms with van der Waals surface area (Å²) in [5.41, 5.74) is 2.43. The molecule has 0 amide bonds. The van der Waals surface area contributed by atoms with Crippen molar-refractivity contribution in [3.63, 3.8) is 0 Å². The molecule has 5 heterocycles. The van der Waals surface area contributed by atoms with Crippen LogP contribution < -0.4 is 0 Å². The van der Waals surface area contributed by atoms with E-state index in [1.807, 2.05) is 31.5 Å². The van der Waals surface area contributed by atoms with E-state index in [0.29, 0.717) is 17.3 Å². The molecule has 1 aliphatic rings. The Labute approximate surface area is 159 Å². The maximum absolute atomic E-state index is 12.6. The van der Waals surface area contributed by atoms with Crippen LogP contribution in [0.25, 0.3) is 22.3 Å². The lowest BCUT2D eigenvalue weighted by Crippen LogP contribution is -2.51. The molecule has 4 aromatic heterocycles. The van der Waals surface area contributed by atoms with E-state index in [0.717, 1.165) is 33.2 Å². The van der Waals surface area contributed by atoms with Gasteiger partial charge in [0, 0.05) is 41.3 Å². The Morgan fingerprint density at radius 1 is 1.19 bits per heavy atom. The minimum Gasteiger partial charge on any atom is -0.346 e. The molecule has 4 aromatic rings. The van der Waals surface area contributed by atoms with Gasteiger partial charge in [0.2, 0.25) is 0 Å². The average molecular weight is 399 g/mol. The molecule has 1 radical (unpaired) electrons. The van der Waals surface area contributed by atoms with Crippen LogP contribution in [-0.4, -0.2) is 50.5 Å². The van der Waals surface area contributed by atoms with E-state index < -0.39 is 10.0 Å². The van der Waals surface area contributed by atoms with E-state index in [1.165, 1.54) is 22.0 Å². The summed E-state index contributed by atoms with van der Waals surface area (Å²) < 4.78 is 28.8. The fraction of sp³-hybridized carbons (Fsp3) is 0.176. The largest absolute Gasteiger partial charge is 0.346 e. The molecule has 27 heavy (non-hydrogen) atoms. The lowest BCUT2D eigenvalue weighted by molar-refractivity contribution is 0.304. The Morgan fingerprint density at radius 2 is 2.04 bits per heavy atom. The molecule has 5 rings (SSSR count). The fourth-order valence-electron chi connectivity index (χ4n) is 3.07. The van der Waals surface area contributed by atoms with Crippen molar-refractivity contribution in [2.45, 2.75) is 11.1 Å². The first kappa shape index (κ1) is 16.6. The average Bonchev–Trinajstić information content (AvgIpc) is 3.32. The van der Waals surface area contributed by atoms with Crippen molar-refractivity contribution in [3.05, 3.63) is 54.0 Å². The molecule has 0 bridgehead atoms. The van der Waals surface area contributed by atoms with Crippen molar-refractivity contribution in [1.29, 1.82) is 0 Å². The number of nitrogens with one attached hydrogen (secondary N) is 1. The normalized spacial score (nSPS) is 16.0. The maximum Gasteiger partial charge on any atom is 0.252 e. The summed E-state index contributed by atoms with van der Waals surface area (Å²) in [7, 11) is -3.42. The predicted molar refractivity (Wildman–Crippen MR) is 102 cm³/mol. The molecule has 10 heteroatoms. The minimum absolute atomic E-state index is 0.337. The van der Waals surface area contributed by atoms with Crippen molar-refractivity contribution in [2.24, 2.45) is 0 Å². The lowest BCUT2D eigenvalue weighted by Gasteiger charge is -2.36. The molecule has 1 aliphatic heterocycles. The monoisotopic (exact) mass is 399 g/mol. The summed E-state index contributed by atoms with van der Waals surface area (Å²) in [5, 5.41) is 5.31. The van der Waals surface area contributed by atoms with Crippen molar-refractivity contribution in [1.82, 2.24) is 29.0 Å². The number of fused-ring (bicyclic) bond motifs is 1. The molecule has 0 spiro atoms. The van der Waals surface area contributed by atoms with Crippen molar-refractivity contribution >= 4 is 32.4 Å². The lowest BCUT2D eigenvalue weighted by atomic mass is 10.1. The van der Waals surface area contributed by atoms with Crippen LogP contribution in [0.5, 0.6) is 0 Å². The Hall–Kier alpha value is -2.56. The third-order valence-electron chi connectivity index (χ3n) is 4.56. The van der Waals surface area contributed by atoms with Crippen molar-refractivity contribution in [3.8, 4) is 11.3 Å². The fourth-order valence-corrected chi connectivity index (χ4v) is 5.93. The zero-order valence-electron chi connectivity index (χ0n) is 14.3. The van der Waals surface area contributed by atoms with Gasteiger partial charge in [-0.15, -0.1) is 11.3 Å². The summed E-state index contributed by atoms with van der Waals surface area (Å²) in [5.74, 6) is 0. The van der Waals surface area contributed by atoms with E-state index in [9.17, 15) is 8.42 Å². The molecule has 1 saturated heterocycles. The van der Waals surface area contributed by atoms with Crippen LogP contribution in [-0.2, 0) is 10.0 Å². The van der Waals surface area contributed by atoms with E-state index in [4.69, 9.17) is 0 Å². The van der Waals surface area contributed by atoms with Crippen LogP contribution >= 0.6 is 11.3 Å². The maximum atomic E-state index is 12.6. The molecule has 137 valence electrons. The first-order valence-corrected chi connectivity index (χ1v) is 10.5. The van der Waals surface area contributed by atoms with Gasteiger partial charge in [0.05, 0.1) is 11.9 Å². The molecule has 0 unspecified atom stereocenters. The number of aryl methyl sites for hydroxylation is 1. The van der Waals surface area contributed by atoms with Crippen LogP contribution in [0.15, 0.2) is 47.3 Å². The quantitative estimate of drug-likeness (QED) is 0.568. The topological polar surface area (TPSA) is 96.8 Å². The summed E-state index contributed by atoms with van der Waals surface area (Å²) in [6.07, 6.45) is 6.95. The number of nitrogens with zero attached hydrogens (tertiary/aromatic N) is 5. The van der Waals surface area contributed by atoms with Gasteiger partial charge in [-0.25, -0.2) is 18.4 Å². The van der Waals surface area contributed by atoms with Crippen LogP contribution in [0.1, 0.15) is 4.88 Å². The standard InChI is InChI=1S/C17H15N6O2S2/c1-11-2-3-15(26-11)27(24,25)22-8-13(9-22)23-7-12(6-21-23)16-14-4-5-18-17(14)20-10-19-16/h2-7,10H,8-9H2,1H3,(H,18,19,20). The molecule has 1 fully saturated rings. The van der Waals surface area contributed by atoms with Gasteiger partial charge in [-0.05, 0) is 25.1 Å². The highest BCUT2D eigenvalue weighted by atomic mass is 32.2. The molecular formula is C17H15N6O2S2. The van der Waals surface area contributed by atoms with E-state index >= 15 is 0 Å². The Kier molecular flexibility index (Phi) is 3.67. The number of aromatic nitrogens is 5. The van der Waals surface area contributed by atoms with E-state index in [2.05, 4.69) is 20.1 Å². The number of hydrogen-bond acceptors (Lipinski definition) is 6. The summed E-state index contributed by atoms with van der Waals surface area (Å²) >= 11 is 1.29. The first-order chi connectivity index (χ1) is 13.0. The molecule has 0 saturated carbocycles. The Bertz CT molecular complexity index is 1230. The van der Waals surface area contributed by atoms with Crippen molar-refractivity contribution < 1.29 is 8.42 Å². The first-order valence-electron chi connectivity index (χ1n) is 8.27. The highest BCUT2D eigenvalue weighted by molar-refractivity contribution is 7.91. The van der Waals surface area contributed by atoms with Gasteiger partial charge in [0.1, 0.15) is 22.2 Å². The summed E-state index contributed by atoms with van der Waals surface area (Å²) in [6, 6.07) is 6.34. The van der Waals surface area contributed by atoms with E-state index in [1.54, 1.807) is 16.9 Å². The second kappa shape index (κ2) is 5.98. The number of rotatable bonds is 4. The highest BCUT2D eigenvalue weighted by Crippen LogP contribution is 2.32. The van der Waals surface area contributed by atoms with Crippen LogP contribution in [0.3, 0.4) is 0 Å². The molecule has 0 aliphatic carbocycles. The predicted octanol–water partition coefficient (Wildman–Crippen LogP) is 2.28. The third-order valence-corrected chi connectivity index (χ3v) is 7.82. The zero-order chi connectivity index (χ0) is 18.6. The van der Waals surface area contributed by atoms with Gasteiger partial charge in [0.25, 0.3) is 10.0 Å².